The lowest BCUT2D eigenvalue weighted by molar-refractivity contribution is -0.388. The van der Waals surface area contributed by atoms with Gasteiger partial charge in [0, 0.05) is 17.4 Å². The molecule has 1 heterocycles. The summed E-state index contributed by atoms with van der Waals surface area (Å²) in [7, 11) is 0. The maximum absolute atomic E-state index is 10.8. The summed E-state index contributed by atoms with van der Waals surface area (Å²) >= 11 is 0.583. The van der Waals surface area contributed by atoms with Crippen LogP contribution in [0.2, 0.25) is 0 Å². The first-order valence-electron chi connectivity index (χ1n) is 5.48. The molecule has 0 bridgehead atoms. The largest absolute Gasteiger partial charge is 0.324 e. The topological polar surface area (TPSA) is 129 Å². The first kappa shape index (κ1) is 14.2. The van der Waals surface area contributed by atoms with E-state index in [4.69, 9.17) is 10.5 Å². The van der Waals surface area contributed by atoms with Crippen LogP contribution in [0.3, 0.4) is 0 Å². The van der Waals surface area contributed by atoms with Crippen molar-refractivity contribution in [2.75, 3.05) is 5.32 Å². The number of thiocyanates is 1. The standard InChI is InChI=1S/C12H6N6O2S/c13-5-8-2-1-3-9(4-8)16-12-15-6-10(18(19)20)11(17-12)21-7-14/h1-4,6H,(H,15,16,17). The molecule has 0 aliphatic rings. The Labute approximate surface area is 123 Å². The van der Waals surface area contributed by atoms with Crippen LogP contribution < -0.4 is 5.32 Å². The van der Waals surface area contributed by atoms with Crippen molar-refractivity contribution in [2.24, 2.45) is 0 Å². The van der Waals surface area contributed by atoms with Gasteiger partial charge in [0.1, 0.15) is 11.6 Å². The highest BCUT2D eigenvalue weighted by Crippen LogP contribution is 2.27. The van der Waals surface area contributed by atoms with E-state index in [1.165, 1.54) is 0 Å². The minimum absolute atomic E-state index is 0.0450. The van der Waals surface area contributed by atoms with Crippen molar-refractivity contribution in [1.29, 1.82) is 10.5 Å². The third-order valence-electron chi connectivity index (χ3n) is 2.32. The molecule has 8 nitrogen and oxygen atoms in total. The molecule has 0 fully saturated rings. The fraction of sp³-hybridized carbons (Fsp3) is 0. The first-order chi connectivity index (χ1) is 10.1. The fourth-order valence-electron chi connectivity index (χ4n) is 1.46. The second-order valence-electron chi connectivity index (χ2n) is 3.65. The lowest BCUT2D eigenvalue weighted by Gasteiger charge is -2.05. The Balaban J connectivity index is 2.33. The number of aromatic nitrogens is 2. The van der Waals surface area contributed by atoms with Gasteiger partial charge < -0.3 is 5.32 Å². The smallest absolute Gasteiger partial charge is 0.320 e. The Morgan fingerprint density at radius 2 is 2.19 bits per heavy atom. The highest BCUT2D eigenvalue weighted by atomic mass is 32.2. The molecular weight excluding hydrogens is 292 g/mol. The molecule has 0 spiro atoms. The number of thioether (sulfide) groups is 1. The summed E-state index contributed by atoms with van der Waals surface area (Å²) < 4.78 is 0. The summed E-state index contributed by atoms with van der Waals surface area (Å²) in [6, 6.07) is 8.59. The van der Waals surface area contributed by atoms with E-state index < -0.39 is 4.92 Å². The van der Waals surface area contributed by atoms with Gasteiger partial charge in [0.05, 0.1) is 16.6 Å². The normalized spacial score (nSPS) is 9.43. The van der Waals surface area contributed by atoms with E-state index in [-0.39, 0.29) is 16.7 Å². The highest BCUT2D eigenvalue weighted by Gasteiger charge is 2.18. The molecule has 0 saturated carbocycles. The second kappa shape index (κ2) is 6.32. The van der Waals surface area contributed by atoms with Gasteiger partial charge in [0.2, 0.25) is 5.95 Å². The van der Waals surface area contributed by atoms with E-state index in [9.17, 15) is 10.1 Å². The number of benzene rings is 1. The van der Waals surface area contributed by atoms with Crippen LogP contribution >= 0.6 is 11.8 Å². The van der Waals surface area contributed by atoms with E-state index in [1.807, 2.05) is 6.07 Å². The number of hydrogen-bond acceptors (Lipinski definition) is 8. The van der Waals surface area contributed by atoms with Gasteiger partial charge in [-0.05, 0) is 18.2 Å². The number of nitrogens with one attached hydrogen (secondary N) is 1. The molecule has 0 atom stereocenters. The van der Waals surface area contributed by atoms with Gasteiger partial charge in [0.25, 0.3) is 0 Å². The lowest BCUT2D eigenvalue weighted by Crippen LogP contribution is -2.01. The Kier molecular flexibility index (Phi) is 4.29. The van der Waals surface area contributed by atoms with E-state index in [0.717, 1.165) is 6.20 Å². The minimum atomic E-state index is -0.653. The van der Waals surface area contributed by atoms with Crippen molar-refractivity contribution >= 4 is 29.1 Å². The van der Waals surface area contributed by atoms with Crippen molar-refractivity contribution in [2.45, 2.75) is 5.03 Å². The summed E-state index contributed by atoms with van der Waals surface area (Å²) in [5.74, 6) is 0.105. The molecule has 0 unspecified atom stereocenters. The number of nitro groups is 1. The third kappa shape index (κ3) is 3.43. The monoisotopic (exact) mass is 298 g/mol. The Morgan fingerprint density at radius 1 is 1.38 bits per heavy atom. The Hall–Kier alpha value is -3.17. The van der Waals surface area contributed by atoms with Gasteiger partial charge >= 0.3 is 5.69 Å². The van der Waals surface area contributed by atoms with Crippen LogP contribution in [-0.2, 0) is 0 Å². The number of hydrogen-bond donors (Lipinski definition) is 1. The average molecular weight is 298 g/mol. The zero-order chi connectivity index (χ0) is 15.2. The van der Waals surface area contributed by atoms with Gasteiger partial charge in [-0.2, -0.15) is 15.5 Å². The van der Waals surface area contributed by atoms with Crippen LogP contribution in [0.4, 0.5) is 17.3 Å². The highest BCUT2D eigenvalue weighted by molar-refractivity contribution is 8.03. The van der Waals surface area contributed by atoms with Crippen molar-refractivity contribution < 1.29 is 4.92 Å². The van der Waals surface area contributed by atoms with Gasteiger partial charge in [-0.3, -0.25) is 10.1 Å². The number of nitriles is 2. The summed E-state index contributed by atoms with van der Waals surface area (Å²) in [5, 5.41) is 32.8. The third-order valence-corrected chi connectivity index (χ3v) is 2.91. The van der Waals surface area contributed by atoms with Gasteiger partial charge in [-0.1, -0.05) is 6.07 Å². The zero-order valence-electron chi connectivity index (χ0n) is 10.3. The number of anilines is 2. The maximum Gasteiger partial charge on any atom is 0.320 e. The molecule has 2 aromatic rings. The van der Waals surface area contributed by atoms with Crippen molar-refractivity contribution in [1.82, 2.24) is 9.97 Å². The molecule has 2 rings (SSSR count). The average Bonchev–Trinajstić information content (AvgIpc) is 2.48. The van der Waals surface area contributed by atoms with Crippen LogP contribution in [0, 0.1) is 32.1 Å². The van der Waals surface area contributed by atoms with Crippen LogP contribution in [0.1, 0.15) is 5.56 Å². The Morgan fingerprint density at radius 3 is 2.86 bits per heavy atom. The van der Waals surface area contributed by atoms with Crippen LogP contribution in [-0.4, -0.2) is 14.9 Å². The number of rotatable bonds is 4. The second-order valence-corrected chi connectivity index (χ2v) is 4.43. The van der Waals surface area contributed by atoms with Crippen LogP contribution in [0.25, 0.3) is 0 Å². The minimum Gasteiger partial charge on any atom is -0.324 e. The Bertz CT molecular complexity index is 780. The molecule has 0 aliphatic carbocycles. The van der Waals surface area contributed by atoms with E-state index >= 15 is 0 Å². The van der Waals surface area contributed by atoms with Crippen LogP contribution in [0.15, 0.2) is 35.5 Å². The van der Waals surface area contributed by atoms with Gasteiger partial charge in [-0.25, -0.2) is 4.98 Å². The molecule has 0 aliphatic heterocycles. The van der Waals surface area contributed by atoms with Gasteiger partial charge in [0.15, 0.2) is 5.03 Å². The van der Waals surface area contributed by atoms with E-state index in [1.54, 1.807) is 29.7 Å². The summed E-state index contributed by atoms with van der Waals surface area (Å²) in [6.45, 7) is 0. The zero-order valence-corrected chi connectivity index (χ0v) is 11.2. The molecule has 0 amide bonds. The molecule has 102 valence electrons. The fourth-order valence-corrected chi connectivity index (χ4v) is 1.91. The summed E-state index contributed by atoms with van der Waals surface area (Å²) in [5.41, 5.74) is 0.683. The van der Waals surface area contributed by atoms with Gasteiger partial charge in [-0.15, -0.1) is 0 Å². The maximum atomic E-state index is 10.8. The summed E-state index contributed by atoms with van der Waals surface area (Å²) in [4.78, 5) is 17.9. The van der Waals surface area contributed by atoms with E-state index in [2.05, 4.69) is 15.3 Å². The quantitative estimate of drug-likeness (QED) is 0.300. The molecule has 1 aromatic heterocycles. The molecule has 1 aromatic carbocycles. The molecule has 0 radical (unpaired) electrons. The predicted molar refractivity (Wildman–Crippen MR) is 74.6 cm³/mol. The lowest BCUT2D eigenvalue weighted by atomic mass is 10.2. The summed E-state index contributed by atoms with van der Waals surface area (Å²) in [6.07, 6.45) is 1.03. The first-order valence-corrected chi connectivity index (χ1v) is 6.30. The van der Waals surface area contributed by atoms with Crippen molar-refractivity contribution in [3.63, 3.8) is 0 Å². The number of nitrogens with zero attached hydrogens (tertiary/aromatic N) is 5. The molecule has 1 N–H and O–H groups in total. The predicted octanol–water partition coefficient (Wildman–Crippen LogP) is 2.57. The van der Waals surface area contributed by atoms with Crippen LogP contribution in [0.5, 0.6) is 0 Å². The molecular formula is C12H6N6O2S. The molecule has 9 heteroatoms. The van der Waals surface area contributed by atoms with Crippen molar-refractivity contribution in [3.8, 4) is 11.5 Å². The molecule has 21 heavy (non-hydrogen) atoms. The molecule has 0 saturated heterocycles. The van der Waals surface area contributed by atoms with Crippen molar-refractivity contribution in [3.05, 3.63) is 46.1 Å². The van der Waals surface area contributed by atoms with E-state index in [0.29, 0.717) is 23.0 Å². The SMILES string of the molecule is N#CSc1nc(Nc2cccc(C#N)c2)ncc1[N+](=O)[O-].